The summed E-state index contributed by atoms with van der Waals surface area (Å²) in [5.74, 6) is -1.12. The topological polar surface area (TPSA) is 97.1 Å². The molecule has 1 fully saturated rings. The van der Waals surface area contributed by atoms with Crippen molar-refractivity contribution in [1.29, 1.82) is 0 Å². The van der Waals surface area contributed by atoms with Gasteiger partial charge >= 0.3 is 5.97 Å². The zero-order valence-electron chi connectivity index (χ0n) is 14.0. The van der Waals surface area contributed by atoms with E-state index in [1.165, 1.54) is 0 Å². The van der Waals surface area contributed by atoms with Crippen LogP contribution in [0.4, 0.5) is 5.69 Å². The van der Waals surface area contributed by atoms with E-state index in [4.69, 9.17) is 0 Å². The number of amides is 1. The Bertz CT molecular complexity index is 735. The highest BCUT2D eigenvalue weighted by Gasteiger charge is 2.40. The molecule has 0 saturated heterocycles. The van der Waals surface area contributed by atoms with Crippen LogP contribution in [0.15, 0.2) is 36.7 Å². The molecule has 2 aromatic rings. The minimum atomic E-state index is -0.940. The van der Waals surface area contributed by atoms with Crippen LogP contribution in [0.25, 0.3) is 5.69 Å². The molecule has 3 rings (SSSR count). The van der Waals surface area contributed by atoms with Gasteiger partial charge in [0.05, 0.1) is 23.5 Å². The Balaban J connectivity index is 1.71. The van der Waals surface area contributed by atoms with Crippen LogP contribution in [-0.2, 0) is 9.59 Å². The van der Waals surface area contributed by atoms with Gasteiger partial charge in [-0.3, -0.25) is 9.59 Å². The van der Waals surface area contributed by atoms with Gasteiger partial charge in [-0.25, -0.2) is 4.68 Å². The fourth-order valence-corrected chi connectivity index (χ4v) is 3.46. The second-order valence-electron chi connectivity index (χ2n) is 6.62. The molecule has 0 atom stereocenters. The van der Waals surface area contributed by atoms with E-state index in [0.717, 1.165) is 31.4 Å². The molecule has 1 aliphatic rings. The number of carbonyl (C=O) groups is 2. The number of carboxylic acid groups (broad SMARTS) is 1. The minimum absolute atomic E-state index is 0.00981. The van der Waals surface area contributed by atoms with Crippen LogP contribution in [0.5, 0.6) is 0 Å². The minimum Gasteiger partial charge on any atom is -0.481 e. The number of nitrogens with zero attached hydrogens (tertiary/aromatic N) is 3. The summed E-state index contributed by atoms with van der Waals surface area (Å²) in [4.78, 5) is 24.3. The van der Waals surface area contributed by atoms with E-state index in [-0.39, 0.29) is 12.3 Å². The highest BCUT2D eigenvalue weighted by molar-refractivity contribution is 5.94. The normalized spacial score (nSPS) is 16.8. The molecule has 0 unspecified atom stereocenters. The van der Waals surface area contributed by atoms with Crippen LogP contribution in [-0.4, -0.2) is 32.0 Å². The number of carboxylic acids is 1. The number of aromatic nitrogens is 3. The SMILES string of the molecule is O=C(CC1(C(=O)O)CCCCCC1)Nc1cccc(-n2ccnn2)c1. The first-order valence-electron chi connectivity index (χ1n) is 8.59. The van der Waals surface area contributed by atoms with Crippen molar-refractivity contribution in [2.24, 2.45) is 5.41 Å². The zero-order chi connectivity index (χ0) is 17.7. The molecule has 1 aliphatic carbocycles. The third kappa shape index (κ3) is 4.04. The number of aliphatic carboxylic acids is 1. The molecule has 0 bridgehead atoms. The highest BCUT2D eigenvalue weighted by atomic mass is 16.4. The van der Waals surface area contributed by atoms with Gasteiger partial charge in [0.1, 0.15) is 0 Å². The van der Waals surface area contributed by atoms with Gasteiger partial charge in [0, 0.05) is 12.1 Å². The first-order chi connectivity index (χ1) is 12.1. The first-order valence-corrected chi connectivity index (χ1v) is 8.59. The first kappa shape index (κ1) is 17.1. The molecule has 0 spiro atoms. The molecule has 0 radical (unpaired) electrons. The van der Waals surface area contributed by atoms with Gasteiger partial charge in [-0.1, -0.05) is 37.0 Å². The summed E-state index contributed by atoms with van der Waals surface area (Å²) in [7, 11) is 0. The smallest absolute Gasteiger partial charge is 0.310 e. The largest absolute Gasteiger partial charge is 0.481 e. The number of benzene rings is 1. The average molecular weight is 342 g/mol. The number of hydrogen-bond donors (Lipinski definition) is 2. The van der Waals surface area contributed by atoms with Crippen molar-refractivity contribution >= 4 is 17.6 Å². The number of anilines is 1. The van der Waals surface area contributed by atoms with Gasteiger partial charge < -0.3 is 10.4 Å². The molecule has 1 heterocycles. The Labute approximate surface area is 146 Å². The van der Waals surface area contributed by atoms with E-state index >= 15 is 0 Å². The Morgan fingerprint density at radius 1 is 1.20 bits per heavy atom. The molecule has 2 N–H and O–H groups in total. The van der Waals surface area contributed by atoms with Crippen LogP contribution >= 0.6 is 0 Å². The summed E-state index contributed by atoms with van der Waals surface area (Å²) in [5, 5.41) is 20.2. The van der Waals surface area contributed by atoms with Gasteiger partial charge in [-0.15, -0.1) is 5.10 Å². The Morgan fingerprint density at radius 3 is 2.60 bits per heavy atom. The Morgan fingerprint density at radius 2 is 1.96 bits per heavy atom. The van der Waals surface area contributed by atoms with Gasteiger partial charge in [-0.05, 0) is 31.0 Å². The summed E-state index contributed by atoms with van der Waals surface area (Å²) >= 11 is 0. The summed E-state index contributed by atoms with van der Waals surface area (Å²) in [6.45, 7) is 0. The molecular formula is C18H22N4O3. The molecule has 7 heteroatoms. The van der Waals surface area contributed by atoms with Crippen molar-refractivity contribution in [1.82, 2.24) is 15.0 Å². The molecule has 25 heavy (non-hydrogen) atoms. The standard InChI is InChI=1S/C18H22N4O3/c23-16(13-18(17(24)25)8-3-1-2-4-9-18)20-14-6-5-7-15(12-14)22-11-10-19-21-22/h5-7,10-12H,1-4,8-9,13H2,(H,20,23)(H,24,25). The number of rotatable bonds is 5. The lowest BCUT2D eigenvalue weighted by Crippen LogP contribution is -2.35. The summed E-state index contributed by atoms with van der Waals surface area (Å²) in [6, 6.07) is 7.23. The molecule has 1 amide bonds. The van der Waals surface area contributed by atoms with Crippen molar-refractivity contribution in [2.45, 2.75) is 44.9 Å². The maximum absolute atomic E-state index is 12.5. The predicted octanol–water partition coefficient (Wildman–Crippen LogP) is 3.02. The van der Waals surface area contributed by atoms with E-state index < -0.39 is 11.4 Å². The lowest BCUT2D eigenvalue weighted by Gasteiger charge is -2.27. The highest BCUT2D eigenvalue weighted by Crippen LogP contribution is 2.38. The molecule has 7 nitrogen and oxygen atoms in total. The lowest BCUT2D eigenvalue weighted by atomic mass is 9.77. The van der Waals surface area contributed by atoms with Gasteiger partial charge in [-0.2, -0.15) is 0 Å². The van der Waals surface area contributed by atoms with Crippen LogP contribution in [0.3, 0.4) is 0 Å². The van der Waals surface area contributed by atoms with Crippen molar-refractivity contribution in [3.05, 3.63) is 36.7 Å². The maximum atomic E-state index is 12.5. The van der Waals surface area contributed by atoms with E-state index in [9.17, 15) is 14.7 Å². The van der Waals surface area contributed by atoms with Crippen molar-refractivity contribution in [3.63, 3.8) is 0 Å². The van der Waals surface area contributed by atoms with Crippen LogP contribution in [0, 0.1) is 5.41 Å². The van der Waals surface area contributed by atoms with Gasteiger partial charge in [0.25, 0.3) is 0 Å². The second kappa shape index (κ2) is 7.46. The number of nitrogens with one attached hydrogen (secondary N) is 1. The monoisotopic (exact) mass is 342 g/mol. The summed E-state index contributed by atoms with van der Waals surface area (Å²) in [6.07, 6.45) is 8.23. The average Bonchev–Trinajstić information content (AvgIpc) is 3.02. The molecule has 0 aliphatic heterocycles. The van der Waals surface area contributed by atoms with E-state index in [0.29, 0.717) is 18.5 Å². The predicted molar refractivity (Wildman–Crippen MR) is 92.4 cm³/mol. The summed E-state index contributed by atoms with van der Waals surface area (Å²) < 4.78 is 1.60. The molecule has 1 saturated carbocycles. The maximum Gasteiger partial charge on any atom is 0.310 e. The quantitative estimate of drug-likeness (QED) is 0.814. The van der Waals surface area contributed by atoms with Gasteiger partial charge in [0.2, 0.25) is 5.91 Å². The van der Waals surface area contributed by atoms with Crippen LogP contribution < -0.4 is 5.32 Å². The molecule has 1 aromatic carbocycles. The van der Waals surface area contributed by atoms with Crippen LogP contribution in [0.1, 0.15) is 44.9 Å². The molecule has 132 valence electrons. The lowest BCUT2D eigenvalue weighted by molar-refractivity contribution is -0.152. The van der Waals surface area contributed by atoms with Crippen LogP contribution in [0.2, 0.25) is 0 Å². The zero-order valence-corrected chi connectivity index (χ0v) is 14.0. The van der Waals surface area contributed by atoms with Crippen molar-refractivity contribution < 1.29 is 14.7 Å². The Hall–Kier alpha value is -2.70. The second-order valence-corrected chi connectivity index (χ2v) is 6.62. The fraction of sp³-hybridized carbons (Fsp3) is 0.444. The summed E-state index contributed by atoms with van der Waals surface area (Å²) in [5.41, 5.74) is 0.453. The Kier molecular flexibility index (Phi) is 5.11. The van der Waals surface area contributed by atoms with E-state index in [1.54, 1.807) is 29.2 Å². The molecular weight excluding hydrogens is 320 g/mol. The van der Waals surface area contributed by atoms with Crippen molar-refractivity contribution in [3.8, 4) is 5.69 Å². The third-order valence-electron chi connectivity index (χ3n) is 4.83. The number of hydrogen-bond acceptors (Lipinski definition) is 4. The number of carbonyl (C=O) groups excluding carboxylic acids is 1. The van der Waals surface area contributed by atoms with Gasteiger partial charge in [0.15, 0.2) is 0 Å². The fourth-order valence-electron chi connectivity index (χ4n) is 3.46. The van der Waals surface area contributed by atoms with Crippen molar-refractivity contribution in [2.75, 3.05) is 5.32 Å². The molecule has 1 aromatic heterocycles. The van der Waals surface area contributed by atoms with E-state index in [2.05, 4.69) is 15.6 Å². The third-order valence-corrected chi connectivity index (χ3v) is 4.83. The van der Waals surface area contributed by atoms with E-state index in [1.807, 2.05) is 12.1 Å².